The Morgan fingerprint density at radius 2 is 0.577 bits per heavy atom. The fraction of sp³-hybridized carbons (Fsp3) is 0.0141. The molecular weight excluding hydrogens is 853 g/mol. The van der Waals surface area contributed by atoms with E-state index in [-0.39, 0.29) is 0 Å². The molecule has 14 aromatic rings. The molecule has 0 heteroatoms. The van der Waals surface area contributed by atoms with Crippen molar-refractivity contribution in [3.8, 4) is 55.6 Å². The lowest BCUT2D eigenvalue weighted by atomic mass is 9.68. The first-order valence-corrected chi connectivity index (χ1v) is 24.9. The Kier molecular flexibility index (Phi) is 7.91. The molecule has 1 spiro atoms. The minimum absolute atomic E-state index is 0.532. The molecule has 0 radical (unpaired) electrons. The van der Waals surface area contributed by atoms with E-state index in [2.05, 4.69) is 255 Å². The molecule has 0 fully saturated rings. The fourth-order valence-corrected chi connectivity index (χ4v) is 13.7. The van der Waals surface area contributed by atoms with E-state index >= 15 is 0 Å². The molecule has 0 nitrogen and oxygen atoms in total. The molecular formula is C71H42. The fourth-order valence-electron chi connectivity index (χ4n) is 13.7. The van der Waals surface area contributed by atoms with Gasteiger partial charge in [-0.15, -0.1) is 0 Å². The standard InChI is InChI=1S/C71H42/c1-2-20-46-45(19-1)41-62(50-24-4-3-21-47(46)50)67-58-32-12-10-30-56(58)66(57-31-11-13-33-59(57)67)44-39-37-43(38-40-44)61-42-65-68(54-28-8-6-25-51(54)61)69-55-29-9-5-22-48(55)49-23-7-14-34-60(49)70(69)71(65)63-35-17-15-26-52(63)53-27-16-18-36-64(53)71/h1-42H. The largest absolute Gasteiger partial charge is 0.0732 e. The smallest absolute Gasteiger partial charge is 0.0619 e. The maximum atomic E-state index is 2.59. The van der Waals surface area contributed by atoms with Crippen molar-refractivity contribution >= 4 is 75.4 Å². The van der Waals surface area contributed by atoms with E-state index in [4.69, 9.17) is 0 Å². The van der Waals surface area contributed by atoms with Crippen molar-refractivity contribution in [2.45, 2.75) is 5.41 Å². The van der Waals surface area contributed by atoms with Gasteiger partial charge < -0.3 is 0 Å². The van der Waals surface area contributed by atoms with E-state index in [1.807, 2.05) is 0 Å². The summed E-state index contributed by atoms with van der Waals surface area (Å²) in [5.74, 6) is 0. The summed E-state index contributed by atoms with van der Waals surface area (Å²) in [7, 11) is 0. The molecule has 71 heavy (non-hydrogen) atoms. The predicted molar refractivity (Wildman–Crippen MR) is 302 cm³/mol. The number of hydrogen-bond donors (Lipinski definition) is 0. The van der Waals surface area contributed by atoms with E-state index in [0.717, 1.165) is 0 Å². The molecule has 0 aromatic heterocycles. The van der Waals surface area contributed by atoms with E-state index in [1.54, 1.807) is 0 Å². The minimum atomic E-state index is -0.532. The summed E-state index contributed by atoms with van der Waals surface area (Å²) >= 11 is 0. The maximum Gasteiger partial charge on any atom is 0.0732 e. The SMILES string of the molecule is c1ccc2c(c1)-c1ccccc1C21c2cc(-c3ccc(-c4c5ccccc5c(-c5cc6ccccc6c6ccccc56)c5ccccc45)cc3)c3ccccc3c2-c2c1c1ccccc1c1ccccc21. The summed E-state index contributed by atoms with van der Waals surface area (Å²) < 4.78 is 0. The van der Waals surface area contributed by atoms with Crippen molar-refractivity contribution in [1.82, 2.24) is 0 Å². The molecule has 0 heterocycles. The van der Waals surface area contributed by atoms with Crippen LogP contribution in [-0.2, 0) is 5.41 Å². The molecule has 0 saturated carbocycles. The molecule has 0 saturated heterocycles. The predicted octanol–water partition coefficient (Wildman–Crippen LogP) is 19.1. The van der Waals surface area contributed by atoms with Crippen LogP contribution in [0.15, 0.2) is 255 Å². The molecule has 2 aliphatic rings. The third kappa shape index (κ3) is 5.08. The Hall–Kier alpha value is -9.10. The van der Waals surface area contributed by atoms with Gasteiger partial charge in [0.15, 0.2) is 0 Å². The summed E-state index contributed by atoms with van der Waals surface area (Å²) in [6, 6.07) is 96.2. The zero-order valence-electron chi connectivity index (χ0n) is 38.7. The summed E-state index contributed by atoms with van der Waals surface area (Å²) in [6.07, 6.45) is 0. The molecule has 0 N–H and O–H groups in total. The highest BCUT2D eigenvalue weighted by molar-refractivity contribution is 6.27. The van der Waals surface area contributed by atoms with Crippen LogP contribution in [0.3, 0.4) is 0 Å². The Morgan fingerprint density at radius 1 is 0.197 bits per heavy atom. The van der Waals surface area contributed by atoms with Crippen LogP contribution >= 0.6 is 0 Å². The average molecular weight is 895 g/mol. The molecule has 0 unspecified atom stereocenters. The normalized spacial score (nSPS) is 13.2. The van der Waals surface area contributed by atoms with Crippen molar-refractivity contribution in [2.24, 2.45) is 0 Å². The van der Waals surface area contributed by atoms with Gasteiger partial charge in [-0.3, -0.25) is 0 Å². The minimum Gasteiger partial charge on any atom is -0.0619 e. The van der Waals surface area contributed by atoms with Crippen molar-refractivity contribution in [2.75, 3.05) is 0 Å². The van der Waals surface area contributed by atoms with E-state index < -0.39 is 5.41 Å². The van der Waals surface area contributed by atoms with E-state index in [9.17, 15) is 0 Å². The van der Waals surface area contributed by atoms with Gasteiger partial charge in [0.05, 0.1) is 5.41 Å². The quantitative estimate of drug-likeness (QED) is 0.122. The highest BCUT2D eigenvalue weighted by Gasteiger charge is 2.53. The van der Waals surface area contributed by atoms with Crippen molar-refractivity contribution < 1.29 is 0 Å². The first-order chi connectivity index (χ1) is 35.3. The summed E-state index contributed by atoms with van der Waals surface area (Å²) in [5, 5.41) is 17.9. The van der Waals surface area contributed by atoms with Crippen LogP contribution in [0.25, 0.3) is 131 Å². The first-order valence-electron chi connectivity index (χ1n) is 24.9. The lowest BCUT2D eigenvalue weighted by Gasteiger charge is -2.32. The third-order valence-electron chi connectivity index (χ3n) is 16.4. The van der Waals surface area contributed by atoms with Crippen LogP contribution in [0, 0.1) is 0 Å². The third-order valence-corrected chi connectivity index (χ3v) is 16.4. The highest BCUT2D eigenvalue weighted by atomic mass is 14.5. The number of hydrogen-bond acceptors (Lipinski definition) is 0. The van der Waals surface area contributed by atoms with Gasteiger partial charge in [-0.05, 0) is 165 Å². The van der Waals surface area contributed by atoms with Crippen molar-refractivity contribution in [3.05, 3.63) is 277 Å². The van der Waals surface area contributed by atoms with Gasteiger partial charge in [0.1, 0.15) is 0 Å². The molecule has 0 atom stereocenters. The van der Waals surface area contributed by atoms with Gasteiger partial charge in [0, 0.05) is 0 Å². The van der Waals surface area contributed by atoms with Crippen molar-refractivity contribution in [3.63, 3.8) is 0 Å². The molecule has 0 bridgehead atoms. The number of benzene rings is 14. The van der Waals surface area contributed by atoms with Crippen LogP contribution in [-0.4, -0.2) is 0 Å². The maximum absolute atomic E-state index is 2.59. The molecule has 0 aliphatic heterocycles. The average Bonchev–Trinajstić information content (AvgIpc) is 3.94. The molecule has 16 rings (SSSR count). The molecule has 326 valence electrons. The van der Waals surface area contributed by atoms with Crippen LogP contribution in [0.1, 0.15) is 22.3 Å². The number of rotatable bonds is 3. The Balaban J connectivity index is 0.956. The van der Waals surface area contributed by atoms with Crippen LogP contribution in [0.4, 0.5) is 0 Å². The molecule has 0 amide bonds. The van der Waals surface area contributed by atoms with Gasteiger partial charge in [-0.2, -0.15) is 0 Å². The summed E-state index contributed by atoms with van der Waals surface area (Å²) in [4.78, 5) is 0. The van der Waals surface area contributed by atoms with Gasteiger partial charge >= 0.3 is 0 Å². The summed E-state index contributed by atoms with van der Waals surface area (Å²) in [6.45, 7) is 0. The zero-order chi connectivity index (χ0) is 46.4. The van der Waals surface area contributed by atoms with Crippen LogP contribution in [0.2, 0.25) is 0 Å². The zero-order valence-corrected chi connectivity index (χ0v) is 38.7. The lowest BCUT2D eigenvalue weighted by Crippen LogP contribution is -2.26. The molecule has 2 aliphatic carbocycles. The monoisotopic (exact) mass is 894 g/mol. The second-order valence-corrected chi connectivity index (χ2v) is 19.7. The Bertz CT molecular complexity index is 4520. The van der Waals surface area contributed by atoms with E-state index in [0.29, 0.717) is 0 Å². The highest BCUT2D eigenvalue weighted by Crippen LogP contribution is 2.67. The Morgan fingerprint density at radius 3 is 1.15 bits per heavy atom. The first kappa shape index (κ1) is 38.8. The summed E-state index contributed by atoms with van der Waals surface area (Å²) in [5.41, 5.74) is 17.8. The Labute approximate surface area is 411 Å². The van der Waals surface area contributed by atoms with Gasteiger partial charge in [0.2, 0.25) is 0 Å². The second kappa shape index (κ2) is 14.5. The van der Waals surface area contributed by atoms with Gasteiger partial charge in [-0.25, -0.2) is 0 Å². The van der Waals surface area contributed by atoms with Crippen LogP contribution < -0.4 is 0 Å². The van der Waals surface area contributed by atoms with Gasteiger partial charge in [-0.1, -0.05) is 243 Å². The van der Waals surface area contributed by atoms with Crippen LogP contribution in [0.5, 0.6) is 0 Å². The number of fused-ring (bicyclic) bond motifs is 22. The van der Waals surface area contributed by atoms with Gasteiger partial charge in [0.25, 0.3) is 0 Å². The topological polar surface area (TPSA) is 0 Å². The van der Waals surface area contributed by atoms with E-state index in [1.165, 1.54) is 153 Å². The second-order valence-electron chi connectivity index (χ2n) is 19.7. The molecule has 14 aromatic carbocycles. The lowest BCUT2D eigenvalue weighted by molar-refractivity contribution is 0.803. The van der Waals surface area contributed by atoms with Crippen molar-refractivity contribution in [1.29, 1.82) is 0 Å².